The van der Waals surface area contributed by atoms with Crippen LogP contribution in [0.5, 0.6) is 0 Å². The maximum absolute atomic E-state index is 12.6. The number of halogens is 1. The highest BCUT2D eigenvalue weighted by atomic mass is 79.9. The van der Waals surface area contributed by atoms with Gasteiger partial charge < -0.3 is 10.3 Å². The Kier molecular flexibility index (Phi) is 3.92. The van der Waals surface area contributed by atoms with Crippen molar-refractivity contribution in [3.05, 3.63) is 33.9 Å². The van der Waals surface area contributed by atoms with Gasteiger partial charge in [-0.3, -0.25) is 4.79 Å². The van der Waals surface area contributed by atoms with E-state index in [1.165, 1.54) is 47.8 Å². The van der Waals surface area contributed by atoms with Gasteiger partial charge in [0.1, 0.15) is 0 Å². The van der Waals surface area contributed by atoms with Gasteiger partial charge in [0, 0.05) is 33.5 Å². The summed E-state index contributed by atoms with van der Waals surface area (Å²) in [5, 5.41) is 4.65. The number of carbonyl (C=O) groups is 1. The molecular formula is C21H25BrN2O. The van der Waals surface area contributed by atoms with E-state index < -0.39 is 0 Å². The molecule has 3 nitrogen and oxygen atoms in total. The van der Waals surface area contributed by atoms with E-state index in [2.05, 4.69) is 44.4 Å². The van der Waals surface area contributed by atoms with Crippen molar-refractivity contribution in [3.63, 3.8) is 0 Å². The van der Waals surface area contributed by atoms with Crippen LogP contribution in [0.15, 0.2) is 22.7 Å². The summed E-state index contributed by atoms with van der Waals surface area (Å²) in [5.74, 6) is 2.69. The number of rotatable bonds is 3. The Labute approximate surface area is 157 Å². The van der Waals surface area contributed by atoms with Crippen LogP contribution in [0.25, 0.3) is 10.9 Å². The van der Waals surface area contributed by atoms with E-state index in [-0.39, 0.29) is 11.9 Å². The molecule has 2 N–H and O–H groups in total. The molecule has 3 aliphatic rings. The van der Waals surface area contributed by atoms with Gasteiger partial charge in [-0.2, -0.15) is 0 Å². The van der Waals surface area contributed by atoms with Crippen LogP contribution in [0.2, 0.25) is 0 Å². The molecule has 1 aromatic heterocycles. The smallest absolute Gasteiger partial charge is 0.220 e. The third-order valence-corrected chi connectivity index (χ3v) is 7.34. The van der Waals surface area contributed by atoms with Crippen LogP contribution < -0.4 is 5.32 Å². The molecule has 2 fully saturated rings. The number of aryl methyl sites for hydroxylation is 1. The van der Waals surface area contributed by atoms with E-state index in [1.807, 2.05) is 0 Å². The zero-order valence-electron chi connectivity index (χ0n) is 14.5. The Bertz CT molecular complexity index is 827. The second-order valence-corrected chi connectivity index (χ2v) is 9.33. The summed E-state index contributed by atoms with van der Waals surface area (Å²) in [7, 11) is 0. The van der Waals surface area contributed by atoms with E-state index in [4.69, 9.17) is 0 Å². The standard InChI is InChI=1S/C21H25BrN2O/c22-15-3-5-19-17(10-15)18-11-16(4-6-20(18)24-19)23-21(25)9-14-8-12-1-2-13(14)7-12/h3,5,10,12-14,16,24H,1-2,4,6-9,11H2,(H,23,25)/t12-,13+,14+,16+/m1/s1. The number of fused-ring (bicyclic) bond motifs is 5. The largest absolute Gasteiger partial charge is 0.358 e. The predicted octanol–water partition coefficient (Wildman–Crippen LogP) is 4.73. The molecule has 2 bridgehead atoms. The zero-order valence-corrected chi connectivity index (χ0v) is 16.1. The lowest BCUT2D eigenvalue weighted by Gasteiger charge is -2.26. The number of hydrogen-bond acceptors (Lipinski definition) is 1. The predicted molar refractivity (Wildman–Crippen MR) is 104 cm³/mol. The van der Waals surface area contributed by atoms with E-state index in [0.29, 0.717) is 5.92 Å². The number of nitrogens with one attached hydrogen (secondary N) is 2. The molecule has 5 rings (SSSR count). The molecule has 1 heterocycles. The molecule has 2 aromatic rings. The summed E-state index contributed by atoms with van der Waals surface area (Å²) >= 11 is 3.58. The minimum Gasteiger partial charge on any atom is -0.358 e. The third kappa shape index (κ3) is 2.92. The summed E-state index contributed by atoms with van der Waals surface area (Å²) in [6, 6.07) is 6.71. The van der Waals surface area contributed by atoms with Gasteiger partial charge in [-0.05, 0) is 80.0 Å². The van der Waals surface area contributed by atoms with E-state index in [1.54, 1.807) is 0 Å². The zero-order chi connectivity index (χ0) is 17.0. The van der Waals surface area contributed by atoms with Crippen LogP contribution in [0, 0.1) is 17.8 Å². The lowest BCUT2D eigenvalue weighted by atomic mass is 9.86. The molecule has 2 saturated carbocycles. The van der Waals surface area contributed by atoms with Crippen LogP contribution in [-0.2, 0) is 17.6 Å². The second-order valence-electron chi connectivity index (χ2n) is 8.42. The average molecular weight is 401 g/mol. The van der Waals surface area contributed by atoms with Gasteiger partial charge in [-0.25, -0.2) is 0 Å². The first-order valence-electron chi connectivity index (χ1n) is 9.74. The monoisotopic (exact) mass is 400 g/mol. The third-order valence-electron chi connectivity index (χ3n) is 6.85. The molecule has 0 aliphatic heterocycles. The lowest BCUT2D eigenvalue weighted by molar-refractivity contribution is -0.123. The maximum Gasteiger partial charge on any atom is 0.220 e. The van der Waals surface area contributed by atoms with Crippen molar-refractivity contribution in [3.8, 4) is 0 Å². The number of amides is 1. The molecular weight excluding hydrogens is 376 g/mol. The Morgan fingerprint density at radius 2 is 2.16 bits per heavy atom. The Morgan fingerprint density at radius 1 is 1.24 bits per heavy atom. The molecule has 1 aromatic carbocycles. The molecule has 4 heteroatoms. The molecule has 3 aliphatic carbocycles. The van der Waals surface area contributed by atoms with Gasteiger partial charge in [0.05, 0.1) is 0 Å². The van der Waals surface area contributed by atoms with Crippen LogP contribution in [0.4, 0.5) is 0 Å². The van der Waals surface area contributed by atoms with Gasteiger partial charge >= 0.3 is 0 Å². The first-order valence-corrected chi connectivity index (χ1v) is 10.5. The first kappa shape index (κ1) is 15.9. The summed E-state index contributed by atoms with van der Waals surface area (Å²) in [6.07, 6.45) is 9.23. The molecule has 25 heavy (non-hydrogen) atoms. The lowest BCUT2D eigenvalue weighted by Crippen LogP contribution is -2.39. The Balaban J connectivity index is 1.26. The summed E-state index contributed by atoms with van der Waals surface area (Å²) in [4.78, 5) is 16.1. The molecule has 0 unspecified atom stereocenters. The molecule has 4 atom stereocenters. The SMILES string of the molecule is O=C(C[C@@H]1C[C@@H]2CC[C@H]1C2)N[C@H]1CCc2[nH]c3ccc(Br)cc3c2C1. The average Bonchev–Trinajstić information content (AvgIpc) is 3.28. The fraction of sp³-hybridized carbons (Fsp3) is 0.571. The normalized spacial score (nSPS) is 30.6. The first-order chi connectivity index (χ1) is 12.2. The van der Waals surface area contributed by atoms with Gasteiger partial charge in [-0.1, -0.05) is 22.4 Å². The number of aromatic nitrogens is 1. The molecule has 1 amide bonds. The van der Waals surface area contributed by atoms with Crippen molar-refractivity contribution in [2.75, 3.05) is 0 Å². The van der Waals surface area contributed by atoms with Gasteiger partial charge in [0.2, 0.25) is 5.91 Å². The van der Waals surface area contributed by atoms with Crippen molar-refractivity contribution < 1.29 is 4.79 Å². The maximum atomic E-state index is 12.6. The summed E-state index contributed by atoms with van der Waals surface area (Å²) in [5.41, 5.74) is 3.96. The number of hydrogen-bond donors (Lipinski definition) is 2. The minimum atomic E-state index is 0.284. The number of aromatic amines is 1. The Morgan fingerprint density at radius 3 is 2.96 bits per heavy atom. The molecule has 0 saturated heterocycles. The van der Waals surface area contributed by atoms with Gasteiger partial charge in [0.25, 0.3) is 0 Å². The van der Waals surface area contributed by atoms with E-state index >= 15 is 0 Å². The summed E-state index contributed by atoms with van der Waals surface area (Å²) < 4.78 is 1.12. The highest BCUT2D eigenvalue weighted by Crippen LogP contribution is 2.49. The number of H-pyrrole nitrogens is 1. The Hall–Kier alpha value is -1.29. The second kappa shape index (κ2) is 6.15. The van der Waals surface area contributed by atoms with Gasteiger partial charge in [-0.15, -0.1) is 0 Å². The van der Waals surface area contributed by atoms with E-state index in [9.17, 15) is 4.79 Å². The van der Waals surface area contributed by atoms with Gasteiger partial charge in [0.15, 0.2) is 0 Å². The van der Waals surface area contributed by atoms with Crippen molar-refractivity contribution >= 4 is 32.7 Å². The number of carbonyl (C=O) groups excluding carboxylic acids is 1. The van der Waals surface area contributed by atoms with Crippen molar-refractivity contribution in [2.24, 2.45) is 17.8 Å². The molecule has 0 radical (unpaired) electrons. The number of benzene rings is 1. The van der Waals surface area contributed by atoms with Crippen LogP contribution in [0.1, 0.15) is 49.8 Å². The van der Waals surface area contributed by atoms with Crippen molar-refractivity contribution in [1.29, 1.82) is 0 Å². The minimum absolute atomic E-state index is 0.284. The fourth-order valence-electron chi connectivity index (χ4n) is 5.66. The van der Waals surface area contributed by atoms with Crippen LogP contribution >= 0.6 is 15.9 Å². The summed E-state index contributed by atoms with van der Waals surface area (Å²) in [6.45, 7) is 0. The highest BCUT2D eigenvalue weighted by Gasteiger charge is 2.40. The quantitative estimate of drug-likeness (QED) is 0.768. The van der Waals surface area contributed by atoms with Crippen LogP contribution in [-0.4, -0.2) is 16.9 Å². The fourth-order valence-corrected chi connectivity index (χ4v) is 6.02. The molecule has 0 spiro atoms. The topological polar surface area (TPSA) is 44.9 Å². The van der Waals surface area contributed by atoms with Crippen molar-refractivity contribution in [1.82, 2.24) is 10.3 Å². The van der Waals surface area contributed by atoms with Crippen LogP contribution in [0.3, 0.4) is 0 Å². The highest BCUT2D eigenvalue weighted by molar-refractivity contribution is 9.10. The molecule has 132 valence electrons. The van der Waals surface area contributed by atoms with E-state index in [0.717, 1.165) is 42.0 Å². The van der Waals surface area contributed by atoms with Crippen molar-refractivity contribution in [2.45, 2.75) is 57.4 Å².